The van der Waals surface area contributed by atoms with E-state index in [1.165, 1.54) is 107 Å². The fraction of sp³-hybridized carbons (Fsp3) is 0.772. The van der Waals surface area contributed by atoms with Crippen molar-refractivity contribution < 1.29 is 38.5 Å². The molecule has 0 amide bonds. The van der Waals surface area contributed by atoms with Crippen molar-refractivity contribution in [3.05, 3.63) is 70.0 Å². The molecule has 0 saturated heterocycles. The number of fused-ring (bicyclic) bond motifs is 1. The number of rotatable bonds is 49. The number of esters is 3. The van der Waals surface area contributed by atoms with E-state index >= 15 is 0 Å². The summed E-state index contributed by atoms with van der Waals surface area (Å²) in [5, 5.41) is 15.8. The molecule has 2 rings (SSSR count). The van der Waals surface area contributed by atoms with Crippen LogP contribution in [-0.2, 0) is 33.5 Å². The highest BCUT2D eigenvalue weighted by Gasteiger charge is 2.37. The fourth-order valence-corrected chi connectivity index (χ4v) is 8.62. The zero-order chi connectivity index (χ0) is 50.4. The predicted molar refractivity (Wildman–Crippen MR) is 282 cm³/mol. The zero-order valence-electron chi connectivity index (χ0n) is 44.2. The summed E-state index contributed by atoms with van der Waals surface area (Å²) in [6.07, 6.45) is 54.1. The topological polar surface area (TPSA) is 159 Å². The van der Waals surface area contributed by atoms with Gasteiger partial charge in [0.15, 0.2) is 0 Å². The molecule has 0 fully saturated rings. The monoisotopic (exact) mass is 983 g/mol. The maximum atomic E-state index is 12.9. The Morgan fingerprint density at radius 3 is 1.43 bits per heavy atom. The van der Waals surface area contributed by atoms with E-state index in [-0.39, 0.29) is 43.6 Å². The predicted octanol–water partition coefficient (Wildman–Crippen LogP) is 15.5. The van der Waals surface area contributed by atoms with E-state index in [2.05, 4.69) is 48.9 Å². The second-order valence-electron chi connectivity index (χ2n) is 19.3. The van der Waals surface area contributed by atoms with Gasteiger partial charge in [-0.3, -0.25) is 14.4 Å². The third kappa shape index (κ3) is 34.2. The van der Waals surface area contributed by atoms with E-state index in [1.807, 2.05) is 0 Å². The van der Waals surface area contributed by atoms with E-state index < -0.39 is 17.2 Å². The molecule has 70 heavy (non-hydrogen) atoms. The summed E-state index contributed by atoms with van der Waals surface area (Å²) in [5.74, 6) is -1.19. The molecule has 0 spiro atoms. The number of nitrogens with zero attached hydrogens (tertiary/aromatic N) is 2. The summed E-state index contributed by atoms with van der Waals surface area (Å²) in [7, 11) is 0. The molecule has 2 N–H and O–H groups in total. The minimum atomic E-state index is -1.07. The van der Waals surface area contributed by atoms with Gasteiger partial charge < -0.3 is 29.6 Å². The van der Waals surface area contributed by atoms with Gasteiger partial charge in [0, 0.05) is 31.9 Å². The first-order chi connectivity index (χ1) is 34.3. The summed E-state index contributed by atoms with van der Waals surface area (Å²) in [5.41, 5.74) is 3.93. The van der Waals surface area contributed by atoms with Crippen LogP contribution in [0.3, 0.4) is 0 Å². The molecular formula is C57H98N4O9. The molecule has 2 heterocycles. The normalized spacial score (nSPS) is 13.7. The first-order valence-corrected chi connectivity index (χ1v) is 28.4. The Hall–Kier alpha value is -4.13. The molecular weight excluding hydrogens is 885 g/mol. The molecule has 1 atom stereocenters. The number of carbonyl (C=O) groups excluding carboxylic acids is 3. The molecule has 0 aromatic carbocycles. The van der Waals surface area contributed by atoms with Gasteiger partial charge in [-0.05, 0) is 93.1 Å². The largest absolute Gasteiger partial charge is 0.465 e. The number of hydroxylamine groups is 3. The van der Waals surface area contributed by atoms with Crippen molar-refractivity contribution in [1.29, 1.82) is 0 Å². The number of hydrogen-bond acceptors (Lipinski definition) is 12. The average molecular weight is 983 g/mol. The standard InChI is InChI=1S/C57H98N4O9/c1-3-5-7-9-11-13-15-17-19-21-23-26-30-34-38-42-54(62)67-49-47-57(68-55(63)43-39-35-31-27-24-22-20-18-16-14-12-10-8-6-4-2)69-56(64)44-40-36-32-28-25-29-33-37-41-48-58-51-45-46-53(61(65)66)60-52(51)50-59-70-60/h17-20,45-46,50,57-59H,3-16,21-44,47-49H2,1-2H3/b19-17-,20-18?. The van der Waals surface area contributed by atoms with Crippen LogP contribution in [0.2, 0.25) is 0 Å². The molecule has 0 aromatic heterocycles. The van der Waals surface area contributed by atoms with Crippen molar-refractivity contribution in [3.8, 4) is 0 Å². The lowest BCUT2D eigenvalue weighted by molar-refractivity contribution is -0.465. The van der Waals surface area contributed by atoms with Crippen LogP contribution in [0.25, 0.3) is 0 Å². The Balaban J connectivity index is 1.59. The van der Waals surface area contributed by atoms with E-state index in [0.29, 0.717) is 18.5 Å². The number of ether oxygens (including phenoxy) is 3. The van der Waals surface area contributed by atoms with Gasteiger partial charge in [-0.1, -0.05) is 191 Å². The third-order valence-corrected chi connectivity index (χ3v) is 12.9. The van der Waals surface area contributed by atoms with Gasteiger partial charge in [0.2, 0.25) is 5.70 Å². The Kier molecular flexibility index (Phi) is 39.7. The highest BCUT2D eigenvalue weighted by molar-refractivity contribution is 5.71. The molecule has 0 radical (unpaired) electrons. The zero-order valence-corrected chi connectivity index (χ0v) is 44.2. The number of allylic oxidation sites excluding steroid dienone is 6. The molecule has 0 bridgehead atoms. The lowest BCUT2D eigenvalue weighted by Gasteiger charge is -2.18. The molecule has 2 aliphatic rings. The molecule has 13 nitrogen and oxygen atoms in total. The van der Waals surface area contributed by atoms with Gasteiger partial charge in [0.1, 0.15) is 0 Å². The van der Waals surface area contributed by atoms with Gasteiger partial charge in [-0.25, -0.2) is 5.48 Å². The van der Waals surface area contributed by atoms with E-state index in [0.717, 1.165) is 134 Å². The molecule has 0 aliphatic carbocycles. The Bertz CT molecular complexity index is 1530. The van der Waals surface area contributed by atoms with E-state index in [4.69, 9.17) is 19.1 Å². The maximum absolute atomic E-state index is 12.9. The van der Waals surface area contributed by atoms with Gasteiger partial charge in [0.05, 0.1) is 24.9 Å². The Labute approximate surface area is 424 Å². The van der Waals surface area contributed by atoms with E-state index in [9.17, 15) is 24.5 Å². The summed E-state index contributed by atoms with van der Waals surface area (Å²) in [4.78, 5) is 54.2. The smallest absolute Gasteiger partial charge is 0.355 e. The minimum absolute atomic E-state index is 0.0334. The summed E-state index contributed by atoms with van der Waals surface area (Å²) in [6.45, 7) is 5.30. The van der Waals surface area contributed by atoms with Crippen LogP contribution >= 0.6 is 0 Å². The molecule has 13 heteroatoms. The second kappa shape index (κ2) is 44.8. The average Bonchev–Trinajstić information content (AvgIpc) is 3.85. The van der Waals surface area contributed by atoms with Crippen LogP contribution in [0.5, 0.6) is 0 Å². The first kappa shape index (κ1) is 62.0. The van der Waals surface area contributed by atoms with Gasteiger partial charge >= 0.3 is 23.7 Å². The van der Waals surface area contributed by atoms with Gasteiger partial charge in [0.25, 0.3) is 6.29 Å². The molecule has 1 unspecified atom stereocenters. The van der Waals surface area contributed by atoms with Crippen LogP contribution in [0.1, 0.15) is 264 Å². The van der Waals surface area contributed by atoms with Crippen molar-refractivity contribution in [1.82, 2.24) is 15.9 Å². The molecule has 400 valence electrons. The number of hydrogen-bond donors (Lipinski definition) is 2. The Morgan fingerprint density at radius 2 is 0.986 bits per heavy atom. The summed E-state index contributed by atoms with van der Waals surface area (Å²) >= 11 is 0. The third-order valence-electron chi connectivity index (χ3n) is 12.9. The summed E-state index contributed by atoms with van der Waals surface area (Å²) < 4.78 is 16.8. The number of nitro groups is 1. The SMILES string of the molecule is CCCCCCCCC=CCCCCCCCC(=O)OC(CCOC(=O)CCCCCCC/C=C\CCCCCCCC)OC(=O)CCCCCCCCCCCNC1=CC=C([N+](=O)[O-])N2ONC=C12. The van der Waals surface area contributed by atoms with Crippen LogP contribution in [-0.4, -0.2) is 47.3 Å². The van der Waals surface area contributed by atoms with Crippen molar-refractivity contribution in [3.63, 3.8) is 0 Å². The highest BCUT2D eigenvalue weighted by Crippen LogP contribution is 2.27. The van der Waals surface area contributed by atoms with Crippen LogP contribution in [0.15, 0.2) is 59.9 Å². The number of carbonyl (C=O) groups is 3. The van der Waals surface area contributed by atoms with Crippen molar-refractivity contribution in [2.45, 2.75) is 271 Å². The van der Waals surface area contributed by atoms with Crippen LogP contribution < -0.4 is 10.8 Å². The quantitative estimate of drug-likeness (QED) is 0.0149. The first-order valence-electron chi connectivity index (χ1n) is 28.4. The van der Waals surface area contributed by atoms with Crippen molar-refractivity contribution in [2.24, 2.45) is 0 Å². The number of unbranched alkanes of at least 4 members (excludes halogenated alkanes) is 30. The molecule has 0 saturated carbocycles. The second-order valence-corrected chi connectivity index (χ2v) is 19.3. The molecule has 2 aliphatic heterocycles. The van der Waals surface area contributed by atoms with Crippen molar-refractivity contribution >= 4 is 17.9 Å². The van der Waals surface area contributed by atoms with Gasteiger partial charge in [-0.15, -0.1) is 0 Å². The van der Waals surface area contributed by atoms with Gasteiger partial charge in [-0.2, -0.15) is 0 Å². The number of nitrogens with one attached hydrogen (secondary N) is 2. The van der Waals surface area contributed by atoms with Crippen LogP contribution in [0.4, 0.5) is 0 Å². The fourth-order valence-electron chi connectivity index (χ4n) is 8.62. The minimum Gasteiger partial charge on any atom is -0.465 e. The van der Waals surface area contributed by atoms with Crippen LogP contribution in [0, 0.1) is 10.1 Å². The van der Waals surface area contributed by atoms with Crippen molar-refractivity contribution in [2.75, 3.05) is 13.2 Å². The maximum Gasteiger partial charge on any atom is 0.355 e. The lowest BCUT2D eigenvalue weighted by atomic mass is 10.1. The highest BCUT2D eigenvalue weighted by atomic mass is 16.8. The molecule has 0 aromatic rings. The summed E-state index contributed by atoms with van der Waals surface area (Å²) in [6, 6.07) is 0. The lowest BCUT2D eigenvalue weighted by Crippen LogP contribution is -2.31. The Morgan fingerprint density at radius 1 is 0.586 bits per heavy atom. The van der Waals surface area contributed by atoms with E-state index in [1.54, 1.807) is 12.3 Å².